The van der Waals surface area contributed by atoms with Gasteiger partial charge in [-0.25, -0.2) is 4.79 Å². The van der Waals surface area contributed by atoms with Crippen molar-refractivity contribution in [2.45, 2.75) is 38.6 Å². The van der Waals surface area contributed by atoms with Crippen molar-refractivity contribution < 1.29 is 9.90 Å². The summed E-state index contributed by atoms with van der Waals surface area (Å²) in [5, 5.41) is 12.6. The molecule has 1 unspecified atom stereocenters. The first kappa shape index (κ1) is 14.1. The monoisotopic (exact) mass is 301 g/mol. The van der Waals surface area contributed by atoms with E-state index >= 15 is 0 Å². The second-order valence-electron chi connectivity index (χ2n) is 5.52. The van der Waals surface area contributed by atoms with Gasteiger partial charge in [-0.05, 0) is 56.4 Å². The van der Waals surface area contributed by atoms with Crippen LogP contribution in [0.15, 0.2) is 30.3 Å². The summed E-state index contributed by atoms with van der Waals surface area (Å²) in [6, 6.07) is 9.50. The molecule has 4 heteroatoms. The predicted molar refractivity (Wildman–Crippen MR) is 86.4 cm³/mol. The number of carbonyl (C=O) groups is 1. The molecule has 1 heterocycles. The zero-order chi connectivity index (χ0) is 14.8. The van der Waals surface area contributed by atoms with Gasteiger partial charge >= 0.3 is 5.97 Å². The second-order valence-corrected chi connectivity index (χ2v) is 6.69. The molecule has 0 saturated heterocycles. The van der Waals surface area contributed by atoms with Crippen LogP contribution in [0.3, 0.4) is 0 Å². The fourth-order valence-electron chi connectivity index (χ4n) is 2.83. The van der Waals surface area contributed by atoms with Gasteiger partial charge in [-0.15, -0.1) is 11.3 Å². The molecule has 1 aromatic heterocycles. The van der Waals surface area contributed by atoms with E-state index in [0.717, 1.165) is 0 Å². The van der Waals surface area contributed by atoms with Crippen LogP contribution < -0.4 is 5.32 Å². The van der Waals surface area contributed by atoms with E-state index in [9.17, 15) is 9.90 Å². The van der Waals surface area contributed by atoms with Gasteiger partial charge in [-0.1, -0.05) is 12.1 Å². The highest BCUT2D eigenvalue weighted by Crippen LogP contribution is 2.34. The topological polar surface area (TPSA) is 49.3 Å². The Bertz CT molecular complexity index is 639. The number of hydrogen-bond donors (Lipinski definition) is 2. The highest BCUT2D eigenvalue weighted by Gasteiger charge is 2.18. The first-order valence-corrected chi connectivity index (χ1v) is 8.17. The summed E-state index contributed by atoms with van der Waals surface area (Å²) in [6.07, 6.45) is 4.95. The largest absolute Gasteiger partial charge is 0.478 e. The average molecular weight is 301 g/mol. The quantitative estimate of drug-likeness (QED) is 0.874. The van der Waals surface area contributed by atoms with Crippen molar-refractivity contribution >= 4 is 23.0 Å². The van der Waals surface area contributed by atoms with Gasteiger partial charge in [0.2, 0.25) is 0 Å². The molecule has 3 nitrogen and oxygen atoms in total. The summed E-state index contributed by atoms with van der Waals surface area (Å²) >= 11 is 1.87. The number of para-hydroxylation sites is 1. The molecule has 1 atom stereocenters. The highest BCUT2D eigenvalue weighted by atomic mass is 32.1. The van der Waals surface area contributed by atoms with Gasteiger partial charge in [-0.3, -0.25) is 0 Å². The number of thiophene rings is 1. The lowest BCUT2D eigenvalue weighted by Crippen LogP contribution is -2.09. The zero-order valence-electron chi connectivity index (χ0n) is 12.1. The Labute approximate surface area is 128 Å². The first-order valence-electron chi connectivity index (χ1n) is 7.35. The molecule has 0 aliphatic heterocycles. The minimum atomic E-state index is -0.893. The van der Waals surface area contributed by atoms with Gasteiger partial charge < -0.3 is 10.4 Å². The van der Waals surface area contributed by atoms with Gasteiger partial charge in [0, 0.05) is 15.4 Å². The molecular formula is C17H19NO2S. The number of fused-ring (bicyclic) bond motifs is 1. The Morgan fingerprint density at radius 1 is 1.29 bits per heavy atom. The molecule has 110 valence electrons. The molecule has 21 heavy (non-hydrogen) atoms. The average Bonchev–Trinajstić information content (AvgIpc) is 2.91. The van der Waals surface area contributed by atoms with E-state index in [1.165, 1.54) is 41.0 Å². The summed E-state index contributed by atoms with van der Waals surface area (Å²) in [5.41, 5.74) is 2.50. The number of aromatic carboxylic acids is 1. The normalized spacial score (nSPS) is 15.3. The third-order valence-electron chi connectivity index (χ3n) is 3.97. The molecule has 2 aromatic rings. The minimum absolute atomic E-state index is 0.126. The fourth-order valence-corrected chi connectivity index (χ4v) is 4.09. The Morgan fingerprint density at radius 3 is 2.81 bits per heavy atom. The molecule has 0 saturated carbocycles. The maximum atomic E-state index is 11.3. The number of aryl methyl sites for hydroxylation is 2. The van der Waals surface area contributed by atoms with Crippen LogP contribution in [0.2, 0.25) is 0 Å². The van der Waals surface area contributed by atoms with Crippen LogP contribution in [0.4, 0.5) is 5.69 Å². The summed E-state index contributed by atoms with van der Waals surface area (Å²) < 4.78 is 0. The highest BCUT2D eigenvalue weighted by molar-refractivity contribution is 7.12. The van der Waals surface area contributed by atoms with E-state index in [1.807, 2.05) is 23.5 Å². The van der Waals surface area contributed by atoms with Crippen LogP contribution in [-0.2, 0) is 12.8 Å². The molecule has 2 N–H and O–H groups in total. The molecule has 0 fully saturated rings. The van der Waals surface area contributed by atoms with Crippen molar-refractivity contribution in [3.63, 3.8) is 0 Å². The number of anilines is 1. The molecule has 1 aliphatic carbocycles. The summed E-state index contributed by atoms with van der Waals surface area (Å²) in [7, 11) is 0. The molecule has 3 rings (SSSR count). The van der Waals surface area contributed by atoms with Crippen molar-refractivity contribution in [1.29, 1.82) is 0 Å². The number of rotatable bonds is 4. The zero-order valence-corrected chi connectivity index (χ0v) is 12.9. The van der Waals surface area contributed by atoms with Crippen LogP contribution in [0.1, 0.15) is 51.5 Å². The first-order chi connectivity index (χ1) is 10.1. The molecule has 0 amide bonds. The molecule has 1 aliphatic rings. The van der Waals surface area contributed by atoms with Gasteiger partial charge in [-0.2, -0.15) is 0 Å². The Kier molecular flexibility index (Phi) is 3.97. The molecule has 0 bridgehead atoms. The molecule has 0 spiro atoms. The number of benzene rings is 1. The summed E-state index contributed by atoms with van der Waals surface area (Å²) in [4.78, 5) is 14.1. The van der Waals surface area contributed by atoms with Crippen molar-refractivity contribution in [1.82, 2.24) is 0 Å². The minimum Gasteiger partial charge on any atom is -0.478 e. The van der Waals surface area contributed by atoms with Crippen molar-refractivity contribution in [3.05, 3.63) is 51.2 Å². The Morgan fingerprint density at radius 2 is 2.05 bits per heavy atom. The van der Waals surface area contributed by atoms with Gasteiger partial charge in [0.25, 0.3) is 0 Å². The predicted octanol–water partition coefficient (Wildman–Crippen LogP) is 4.50. The second kappa shape index (κ2) is 5.90. The van der Waals surface area contributed by atoms with E-state index in [1.54, 1.807) is 12.1 Å². The van der Waals surface area contributed by atoms with Gasteiger partial charge in [0.15, 0.2) is 0 Å². The van der Waals surface area contributed by atoms with Crippen molar-refractivity contribution in [3.8, 4) is 0 Å². The smallest absolute Gasteiger partial charge is 0.337 e. The molecular weight excluding hydrogens is 282 g/mol. The van der Waals surface area contributed by atoms with E-state index < -0.39 is 5.97 Å². The standard InChI is InChI=1S/C17H19NO2S/c1-11(16-10-12-6-2-5-9-15(12)21-16)18-14-8-4-3-7-13(14)17(19)20/h3-4,7-8,10-11,18H,2,5-6,9H2,1H3,(H,19,20). The lowest BCUT2D eigenvalue weighted by atomic mass is 9.99. The van der Waals surface area contributed by atoms with E-state index in [-0.39, 0.29) is 6.04 Å². The lowest BCUT2D eigenvalue weighted by Gasteiger charge is -2.15. The Balaban J connectivity index is 1.82. The van der Waals surface area contributed by atoms with Gasteiger partial charge in [0.1, 0.15) is 0 Å². The Hall–Kier alpha value is -1.81. The van der Waals surface area contributed by atoms with E-state index in [4.69, 9.17) is 0 Å². The lowest BCUT2D eigenvalue weighted by molar-refractivity contribution is 0.0698. The molecule has 0 radical (unpaired) electrons. The number of carboxylic acids is 1. The summed E-state index contributed by atoms with van der Waals surface area (Å²) in [5.74, 6) is -0.893. The molecule has 1 aromatic carbocycles. The van der Waals surface area contributed by atoms with Crippen LogP contribution in [-0.4, -0.2) is 11.1 Å². The maximum Gasteiger partial charge on any atom is 0.337 e. The van der Waals surface area contributed by atoms with Crippen LogP contribution in [0.25, 0.3) is 0 Å². The number of hydrogen-bond acceptors (Lipinski definition) is 3. The van der Waals surface area contributed by atoms with Crippen molar-refractivity contribution in [2.24, 2.45) is 0 Å². The van der Waals surface area contributed by atoms with Crippen LogP contribution in [0, 0.1) is 0 Å². The van der Waals surface area contributed by atoms with Crippen LogP contribution in [0.5, 0.6) is 0 Å². The maximum absolute atomic E-state index is 11.3. The van der Waals surface area contributed by atoms with E-state index in [2.05, 4.69) is 18.3 Å². The van der Waals surface area contributed by atoms with Crippen LogP contribution >= 0.6 is 11.3 Å². The van der Waals surface area contributed by atoms with Crippen molar-refractivity contribution in [2.75, 3.05) is 5.32 Å². The number of carboxylic acid groups (broad SMARTS) is 1. The third kappa shape index (κ3) is 2.95. The summed E-state index contributed by atoms with van der Waals surface area (Å²) in [6.45, 7) is 2.09. The third-order valence-corrected chi connectivity index (χ3v) is 5.39. The SMILES string of the molecule is CC(Nc1ccccc1C(=O)O)c1cc2c(s1)CCCC2. The fraction of sp³-hybridized carbons (Fsp3) is 0.353. The van der Waals surface area contributed by atoms with Gasteiger partial charge in [0.05, 0.1) is 11.6 Å². The van der Waals surface area contributed by atoms with E-state index in [0.29, 0.717) is 11.3 Å². The number of nitrogens with one attached hydrogen (secondary N) is 1.